The Balaban J connectivity index is 1.28. The van der Waals surface area contributed by atoms with Crippen molar-refractivity contribution in [2.45, 2.75) is 18.9 Å². The van der Waals surface area contributed by atoms with Crippen molar-refractivity contribution in [3.8, 4) is 16.8 Å². The molecule has 0 radical (unpaired) electrons. The smallest absolute Gasteiger partial charge is 0.268 e. The quantitative estimate of drug-likeness (QED) is 0.342. The van der Waals surface area contributed by atoms with Crippen molar-refractivity contribution in [3.63, 3.8) is 0 Å². The van der Waals surface area contributed by atoms with E-state index in [4.69, 9.17) is 5.73 Å². The number of rotatable bonds is 5. The summed E-state index contributed by atoms with van der Waals surface area (Å²) in [6, 6.07) is 16.5. The highest BCUT2D eigenvalue weighted by Crippen LogP contribution is 2.36. The van der Waals surface area contributed by atoms with Gasteiger partial charge in [-0.15, -0.1) is 0 Å². The van der Waals surface area contributed by atoms with Gasteiger partial charge in [0, 0.05) is 29.7 Å². The number of aromatic nitrogens is 4. The van der Waals surface area contributed by atoms with Gasteiger partial charge in [-0.25, -0.2) is 14.4 Å². The van der Waals surface area contributed by atoms with Crippen LogP contribution in [0, 0.1) is 5.82 Å². The number of anilines is 2. The van der Waals surface area contributed by atoms with E-state index in [1.54, 1.807) is 24.3 Å². The third-order valence-corrected chi connectivity index (χ3v) is 7.48. The molecule has 0 saturated carbocycles. The summed E-state index contributed by atoms with van der Waals surface area (Å²) in [4.78, 5) is 37.1. The molecule has 1 amide bonds. The number of hydrogen-bond acceptors (Lipinski definition) is 6. The van der Waals surface area contributed by atoms with Crippen LogP contribution < -0.4 is 16.6 Å². The highest BCUT2D eigenvalue weighted by Gasteiger charge is 2.23. The first-order valence-electron chi connectivity index (χ1n) is 13.1. The summed E-state index contributed by atoms with van der Waals surface area (Å²) in [6.45, 7) is 2.03. The monoisotopic (exact) mass is 537 g/mol. The lowest BCUT2D eigenvalue weighted by atomic mass is 10.1. The fraction of sp³-hybridized carbons (Fsp3) is 0.200. The molecule has 0 bridgehead atoms. The minimum absolute atomic E-state index is 0.0779. The number of likely N-dealkylation sites (tertiary alicyclic amines) is 1. The molecular weight excluding hydrogens is 509 g/mol. The van der Waals surface area contributed by atoms with Gasteiger partial charge < -0.3 is 20.5 Å². The summed E-state index contributed by atoms with van der Waals surface area (Å²) < 4.78 is 17.6. The Morgan fingerprint density at radius 2 is 1.77 bits per heavy atom. The number of hydrogen-bond donors (Lipinski definition) is 2. The van der Waals surface area contributed by atoms with E-state index in [2.05, 4.69) is 38.0 Å². The van der Waals surface area contributed by atoms with E-state index in [9.17, 15) is 14.0 Å². The molecule has 202 valence electrons. The number of fused-ring (bicyclic) bond motifs is 1. The number of para-hydroxylation sites is 1. The summed E-state index contributed by atoms with van der Waals surface area (Å²) in [5.74, 6) is -0.722. The predicted molar refractivity (Wildman–Crippen MR) is 153 cm³/mol. The molecule has 40 heavy (non-hydrogen) atoms. The summed E-state index contributed by atoms with van der Waals surface area (Å²) in [5.41, 5.74) is 8.82. The molecule has 10 heteroatoms. The van der Waals surface area contributed by atoms with Gasteiger partial charge in [0.1, 0.15) is 29.2 Å². The lowest BCUT2D eigenvalue weighted by Gasteiger charge is -2.30. The predicted octanol–water partition coefficient (Wildman–Crippen LogP) is 4.49. The van der Waals surface area contributed by atoms with Crippen molar-refractivity contribution in [2.75, 3.05) is 31.2 Å². The van der Waals surface area contributed by atoms with Crippen LogP contribution in [-0.4, -0.2) is 50.0 Å². The highest BCUT2D eigenvalue weighted by atomic mass is 19.1. The van der Waals surface area contributed by atoms with Gasteiger partial charge in [-0.3, -0.25) is 14.2 Å². The molecule has 4 heterocycles. The molecule has 2 aromatic carbocycles. The number of amides is 1. The van der Waals surface area contributed by atoms with E-state index in [1.807, 2.05) is 12.1 Å². The van der Waals surface area contributed by atoms with Gasteiger partial charge in [0.05, 0.1) is 11.1 Å². The van der Waals surface area contributed by atoms with E-state index in [0.29, 0.717) is 17.5 Å². The number of halogens is 1. The van der Waals surface area contributed by atoms with Crippen molar-refractivity contribution < 1.29 is 9.18 Å². The van der Waals surface area contributed by atoms with Crippen molar-refractivity contribution in [2.24, 2.45) is 0 Å². The second kappa shape index (κ2) is 10.4. The minimum Gasteiger partial charge on any atom is -0.383 e. The van der Waals surface area contributed by atoms with Crippen LogP contribution >= 0.6 is 0 Å². The Labute approximate surface area is 229 Å². The van der Waals surface area contributed by atoms with E-state index in [-0.39, 0.29) is 11.3 Å². The van der Waals surface area contributed by atoms with E-state index < -0.39 is 17.3 Å². The Morgan fingerprint density at radius 3 is 2.52 bits per heavy atom. The standard InChI is InChI=1S/C30H28FN7O2/c1-36-15-12-21(13-16-36)38-17-23(26-27(32)33-18-34-28(26)38)19-8-10-20(11-9-19)35-29(39)22-5-4-14-37(30(22)40)25-7-3-2-6-24(25)31/h2-11,14,17-18,21H,12-13,15-16H2,1H3,(H,35,39)(H2,32,33,34). The van der Waals surface area contributed by atoms with Gasteiger partial charge in [-0.05, 0) is 74.9 Å². The van der Waals surface area contributed by atoms with Gasteiger partial charge in [-0.1, -0.05) is 24.3 Å². The van der Waals surface area contributed by atoms with E-state index >= 15 is 0 Å². The number of nitrogens with two attached hydrogens (primary N) is 1. The van der Waals surface area contributed by atoms with Crippen LogP contribution in [0.4, 0.5) is 15.9 Å². The average Bonchev–Trinajstić information content (AvgIpc) is 3.35. The van der Waals surface area contributed by atoms with Crippen molar-refractivity contribution >= 4 is 28.4 Å². The third kappa shape index (κ3) is 4.62. The molecule has 1 fully saturated rings. The first kappa shape index (κ1) is 25.4. The third-order valence-electron chi connectivity index (χ3n) is 7.48. The van der Waals surface area contributed by atoms with Gasteiger partial charge in [-0.2, -0.15) is 0 Å². The maximum Gasteiger partial charge on any atom is 0.268 e. The Bertz CT molecular complexity index is 1770. The molecule has 1 aliphatic heterocycles. The number of nitrogens with one attached hydrogen (secondary N) is 1. The topological polar surface area (TPSA) is 111 Å². The van der Waals surface area contributed by atoms with Crippen LogP contribution in [0.3, 0.4) is 0 Å². The molecule has 0 aliphatic carbocycles. The Morgan fingerprint density at radius 1 is 1.02 bits per heavy atom. The summed E-state index contributed by atoms with van der Waals surface area (Å²) in [6.07, 6.45) is 7.06. The lowest BCUT2D eigenvalue weighted by Crippen LogP contribution is -2.31. The second-order valence-electron chi connectivity index (χ2n) is 10.0. The van der Waals surface area contributed by atoms with Crippen LogP contribution in [0.5, 0.6) is 0 Å². The number of nitrogens with zero attached hydrogens (tertiary/aromatic N) is 5. The fourth-order valence-corrected chi connectivity index (χ4v) is 5.31. The highest BCUT2D eigenvalue weighted by molar-refractivity contribution is 6.04. The molecule has 0 atom stereocenters. The largest absolute Gasteiger partial charge is 0.383 e. The number of piperidine rings is 1. The van der Waals surface area contributed by atoms with Crippen LogP contribution in [0.2, 0.25) is 0 Å². The maximum absolute atomic E-state index is 14.3. The zero-order valence-electron chi connectivity index (χ0n) is 21.9. The minimum atomic E-state index is -0.612. The fourth-order valence-electron chi connectivity index (χ4n) is 5.31. The van der Waals surface area contributed by atoms with E-state index in [0.717, 1.165) is 52.7 Å². The lowest BCUT2D eigenvalue weighted by molar-refractivity contribution is 0.102. The first-order valence-corrected chi connectivity index (χ1v) is 13.1. The average molecular weight is 538 g/mol. The SMILES string of the molecule is CN1CCC(n2cc(-c3ccc(NC(=O)c4cccn(-c5ccccc5F)c4=O)cc3)c3c(N)ncnc32)CC1. The molecule has 0 unspecified atom stereocenters. The van der Waals surface area contributed by atoms with Crippen LogP contribution in [0.1, 0.15) is 29.2 Å². The summed E-state index contributed by atoms with van der Waals surface area (Å²) >= 11 is 0. The Kier molecular flexibility index (Phi) is 6.61. The van der Waals surface area contributed by atoms with Crippen LogP contribution in [0.25, 0.3) is 27.8 Å². The molecule has 6 rings (SSSR count). The number of pyridine rings is 1. The second-order valence-corrected chi connectivity index (χ2v) is 10.0. The van der Waals surface area contributed by atoms with E-state index in [1.165, 1.54) is 36.8 Å². The van der Waals surface area contributed by atoms with Crippen LogP contribution in [-0.2, 0) is 0 Å². The van der Waals surface area contributed by atoms with Gasteiger partial charge in [0.2, 0.25) is 0 Å². The molecule has 1 saturated heterocycles. The zero-order chi connectivity index (χ0) is 27.8. The molecule has 9 nitrogen and oxygen atoms in total. The summed E-state index contributed by atoms with van der Waals surface area (Å²) in [7, 11) is 2.13. The number of carbonyl (C=O) groups is 1. The van der Waals surface area contributed by atoms with Crippen LogP contribution in [0.15, 0.2) is 84.2 Å². The first-order chi connectivity index (χ1) is 19.4. The summed E-state index contributed by atoms with van der Waals surface area (Å²) in [5, 5.41) is 3.58. The van der Waals surface area contributed by atoms with Gasteiger partial charge in [0.25, 0.3) is 11.5 Å². The Hall–Kier alpha value is -4.83. The maximum atomic E-state index is 14.3. The van der Waals surface area contributed by atoms with Gasteiger partial charge in [0.15, 0.2) is 0 Å². The normalized spacial score (nSPS) is 14.4. The zero-order valence-corrected chi connectivity index (χ0v) is 21.9. The molecule has 0 spiro atoms. The van der Waals surface area contributed by atoms with Gasteiger partial charge >= 0.3 is 0 Å². The molecule has 1 aliphatic rings. The number of nitrogen functional groups attached to an aromatic ring is 1. The van der Waals surface area contributed by atoms with Crippen molar-refractivity contribution in [1.82, 2.24) is 24.0 Å². The number of benzene rings is 2. The number of carbonyl (C=O) groups excluding carboxylic acids is 1. The molecule has 3 aromatic heterocycles. The molecule has 3 N–H and O–H groups in total. The van der Waals surface area contributed by atoms with Crippen molar-refractivity contribution in [1.29, 1.82) is 0 Å². The van der Waals surface area contributed by atoms with Crippen molar-refractivity contribution in [3.05, 3.63) is 101 Å². The molecule has 5 aromatic rings. The molecular formula is C30H28FN7O2.